The van der Waals surface area contributed by atoms with Crippen molar-refractivity contribution in [1.29, 1.82) is 0 Å². The normalized spacial score (nSPS) is 19.7. The summed E-state index contributed by atoms with van der Waals surface area (Å²) in [6, 6.07) is 7.01. The van der Waals surface area contributed by atoms with Gasteiger partial charge in [-0.1, -0.05) is 11.6 Å². The van der Waals surface area contributed by atoms with Crippen molar-refractivity contribution in [3.05, 3.63) is 58.2 Å². The number of fused-ring (bicyclic) bond motifs is 2. The van der Waals surface area contributed by atoms with Gasteiger partial charge in [-0.3, -0.25) is 9.59 Å². The summed E-state index contributed by atoms with van der Waals surface area (Å²) in [7, 11) is 3.04. The number of primary amides is 1. The lowest BCUT2D eigenvalue weighted by Gasteiger charge is -2.22. The van der Waals surface area contributed by atoms with Crippen molar-refractivity contribution in [2.75, 3.05) is 27.4 Å². The van der Waals surface area contributed by atoms with Crippen molar-refractivity contribution in [2.24, 2.45) is 11.7 Å². The Bertz CT molecular complexity index is 1820. The van der Waals surface area contributed by atoms with Crippen molar-refractivity contribution < 1.29 is 28.2 Å². The number of nitrogens with one attached hydrogen (secondary N) is 1. The molecule has 1 aliphatic heterocycles. The number of hydrogen-bond donors (Lipinski definition) is 2. The summed E-state index contributed by atoms with van der Waals surface area (Å²) in [5.74, 6) is 1.58. The third-order valence-corrected chi connectivity index (χ3v) is 9.25. The zero-order chi connectivity index (χ0) is 30.7. The third-order valence-electron chi connectivity index (χ3n) is 8.88. The first-order valence-electron chi connectivity index (χ1n) is 14.7. The Balaban J connectivity index is 1.24. The molecular weight excluding hydrogens is 586 g/mol. The molecule has 3 N–H and O–H groups in total. The topological polar surface area (TPSA) is 152 Å². The monoisotopic (exact) mass is 617 g/mol. The number of carbonyl (C=O) groups is 2. The van der Waals surface area contributed by atoms with Gasteiger partial charge in [0.15, 0.2) is 17.0 Å². The minimum Gasteiger partial charge on any atom is -0.494 e. The first kappa shape index (κ1) is 28.4. The van der Waals surface area contributed by atoms with Crippen LogP contribution in [0.25, 0.3) is 22.4 Å². The van der Waals surface area contributed by atoms with Gasteiger partial charge in [0.1, 0.15) is 34.2 Å². The van der Waals surface area contributed by atoms with E-state index < -0.39 is 11.3 Å². The van der Waals surface area contributed by atoms with Crippen LogP contribution in [-0.4, -0.2) is 54.1 Å². The van der Waals surface area contributed by atoms with Gasteiger partial charge >= 0.3 is 0 Å². The number of halogens is 1. The highest BCUT2D eigenvalue weighted by Gasteiger charge is 2.45. The molecule has 44 heavy (non-hydrogen) atoms. The molecule has 2 fully saturated rings. The van der Waals surface area contributed by atoms with E-state index in [1.54, 1.807) is 38.4 Å². The van der Waals surface area contributed by atoms with Crippen LogP contribution in [0.15, 0.2) is 34.9 Å². The van der Waals surface area contributed by atoms with Gasteiger partial charge in [0.05, 0.1) is 14.2 Å². The number of pyridine rings is 2. The molecule has 0 spiro atoms. The predicted octanol–water partition coefficient (Wildman–Crippen LogP) is 4.89. The fourth-order valence-corrected chi connectivity index (χ4v) is 6.13. The lowest BCUT2D eigenvalue weighted by molar-refractivity contribution is -0.123. The SMILES string of the molecule is COc1nccc(-c2nc([C@@H](CNC(=O)c3cc(OC)c4nc(C5CC5)oc4c3)C3CC3)cc3c2OC[C@]3(C)C(N)=O)c1Cl. The summed E-state index contributed by atoms with van der Waals surface area (Å²) < 4.78 is 22.9. The van der Waals surface area contributed by atoms with E-state index in [0.717, 1.165) is 25.7 Å². The second kappa shape index (κ2) is 10.7. The number of ether oxygens (including phenoxy) is 3. The van der Waals surface area contributed by atoms with Crippen LogP contribution >= 0.6 is 11.6 Å². The van der Waals surface area contributed by atoms with Crippen molar-refractivity contribution in [3.63, 3.8) is 0 Å². The van der Waals surface area contributed by atoms with Crippen LogP contribution in [0.3, 0.4) is 0 Å². The fourth-order valence-electron chi connectivity index (χ4n) is 5.85. The van der Waals surface area contributed by atoms with Crippen LogP contribution in [0, 0.1) is 5.92 Å². The van der Waals surface area contributed by atoms with Crippen LogP contribution in [0.5, 0.6) is 17.4 Å². The van der Waals surface area contributed by atoms with Crippen molar-refractivity contribution in [2.45, 2.75) is 49.9 Å². The Morgan fingerprint density at radius 2 is 1.95 bits per heavy atom. The number of carbonyl (C=O) groups excluding carboxylic acids is 2. The molecule has 0 saturated heterocycles. The van der Waals surface area contributed by atoms with E-state index in [1.807, 2.05) is 6.07 Å². The molecule has 2 amide bonds. The average Bonchev–Trinajstić information content (AvgIpc) is 3.96. The second-order valence-corrected chi connectivity index (χ2v) is 12.3. The molecule has 3 aromatic heterocycles. The quantitative estimate of drug-likeness (QED) is 0.253. The minimum absolute atomic E-state index is 0.0783. The van der Waals surface area contributed by atoms with Crippen LogP contribution in [-0.2, 0) is 10.2 Å². The molecule has 4 heterocycles. The molecule has 12 heteroatoms. The number of benzene rings is 1. The van der Waals surface area contributed by atoms with Crippen molar-refractivity contribution in [3.8, 4) is 28.6 Å². The molecule has 2 atom stereocenters. The molecule has 0 bridgehead atoms. The first-order valence-corrected chi connectivity index (χ1v) is 15.0. The van der Waals surface area contributed by atoms with Gasteiger partial charge in [-0.05, 0) is 62.8 Å². The van der Waals surface area contributed by atoms with Crippen molar-refractivity contribution >= 4 is 34.5 Å². The lowest BCUT2D eigenvalue weighted by atomic mass is 9.82. The number of methoxy groups -OCH3 is 2. The second-order valence-electron chi connectivity index (χ2n) is 11.9. The maximum Gasteiger partial charge on any atom is 0.251 e. The maximum absolute atomic E-state index is 13.5. The van der Waals surface area contributed by atoms with Gasteiger partial charge in [-0.15, -0.1) is 0 Å². The number of nitrogens with zero attached hydrogens (tertiary/aromatic N) is 3. The average molecular weight is 618 g/mol. The van der Waals surface area contributed by atoms with Crippen LogP contribution in [0.1, 0.15) is 71.9 Å². The molecule has 4 aromatic rings. The van der Waals surface area contributed by atoms with Gasteiger partial charge in [0.2, 0.25) is 11.8 Å². The van der Waals surface area contributed by atoms with E-state index >= 15 is 0 Å². The Hall–Kier alpha value is -4.38. The van der Waals surface area contributed by atoms with E-state index in [9.17, 15) is 9.59 Å². The fraction of sp³-hybridized carbons (Fsp3) is 0.406. The summed E-state index contributed by atoms with van der Waals surface area (Å²) in [4.78, 5) is 40.0. The highest BCUT2D eigenvalue weighted by Crippen LogP contribution is 2.50. The van der Waals surface area contributed by atoms with Crippen LogP contribution in [0.4, 0.5) is 0 Å². The molecule has 7 rings (SSSR count). The summed E-state index contributed by atoms with van der Waals surface area (Å²) >= 11 is 6.69. The Kier molecular flexibility index (Phi) is 6.88. The molecule has 11 nitrogen and oxygen atoms in total. The van der Waals surface area contributed by atoms with Gasteiger partial charge < -0.3 is 29.7 Å². The highest BCUT2D eigenvalue weighted by molar-refractivity contribution is 6.34. The summed E-state index contributed by atoms with van der Waals surface area (Å²) in [5.41, 5.74) is 8.75. The number of rotatable bonds is 10. The highest BCUT2D eigenvalue weighted by atomic mass is 35.5. The third kappa shape index (κ3) is 4.79. The van der Waals surface area contributed by atoms with E-state index in [1.165, 1.54) is 7.11 Å². The molecule has 0 unspecified atom stereocenters. The van der Waals surface area contributed by atoms with E-state index in [-0.39, 0.29) is 29.3 Å². The summed E-state index contributed by atoms with van der Waals surface area (Å²) in [5, 5.41) is 3.38. The predicted molar refractivity (Wildman–Crippen MR) is 161 cm³/mol. The van der Waals surface area contributed by atoms with Gasteiger partial charge in [-0.2, -0.15) is 0 Å². The first-order chi connectivity index (χ1) is 21.2. The number of aromatic nitrogens is 3. The van der Waals surface area contributed by atoms with Gasteiger partial charge in [-0.25, -0.2) is 15.0 Å². The minimum atomic E-state index is -1.06. The smallest absolute Gasteiger partial charge is 0.251 e. The Morgan fingerprint density at radius 1 is 1.16 bits per heavy atom. The molecular formula is C32H32ClN5O6. The molecule has 2 saturated carbocycles. The molecule has 0 radical (unpaired) electrons. The Labute approximate surface area is 258 Å². The number of oxazole rings is 1. The molecule has 228 valence electrons. The number of hydrogen-bond acceptors (Lipinski definition) is 9. The summed E-state index contributed by atoms with van der Waals surface area (Å²) in [6.45, 7) is 2.16. The van der Waals surface area contributed by atoms with Crippen LogP contribution < -0.4 is 25.3 Å². The lowest BCUT2D eigenvalue weighted by Crippen LogP contribution is -2.40. The number of nitrogens with two attached hydrogens (primary N) is 1. The van der Waals surface area contributed by atoms with Gasteiger partial charge in [0, 0.05) is 47.0 Å². The van der Waals surface area contributed by atoms with Crippen LogP contribution in [0.2, 0.25) is 5.02 Å². The Morgan fingerprint density at radius 3 is 2.64 bits per heavy atom. The molecule has 1 aromatic carbocycles. The number of amides is 2. The van der Waals surface area contributed by atoms with Crippen molar-refractivity contribution in [1.82, 2.24) is 20.3 Å². The molecule has 3 aliphatic rings. The zero-order valence-corrected chi connectivity index (χ0v) is 25.4. The standard InChI is InChI=1S/C32H32ClN5O6/c1-32(31(34)40)14-43-27-20(32)12-21(37-25(27)18-8-9-35-30(42-3)24(18)33)19(15-4-5-15)13-36-28(39)17-10-22(41-2)26-23(11-17)44-29(38-26)16-6-7-16/h8-12,15-16,19H,4-7,13-14H2,1-3H3,(H2,34,40)(H,36,39)/t19-,32-/m0/s1. The zero-order valence-electron chi connectivity index (χ0n) is 24.6. The van der Waals surface area contributed by atoms with Gasteiger partial charge in [0.25, 0.3) is 5.91 Å². The van der Waals surface area contributed by atoms with E-state index in [2.05, 4.69) is 15.3 Å². The summed E-state index contributed by atoms with van der Waals surface area (Å²) in [6.07, 6.45) is 5.66. The maximum atomic E-state index is 13.5. The molecule has 2 aliphatic carbocycles. The van der Waals surface area contributed by atoms with E-state index in [4.69, 9.17) is 40.9 Å². The van der Waals surface area contributed by atoms with E-state index in [0.29, 0.717) is 74.9 Å². The largest absolute Gasteiger partial charge is 0.494 e.